The number of benzene rings is 1. The molecule has 5 nitrogen and oxygen atoms in total. The van der Waals surface area contributed by atoms with Crippen LogP contribution in [0.1, 0.15) is 35.7 Å². The molecule has 0 aromatic heterocycles. The molecule has 0 aliphatic rings. The van der Waals surface area contributed by atoms with Crippen molar-refractivity contribution in [1.29, 1.82) is 0 Å². The third-order valence-corrected chi connectivity index (χ3v) is 3.13. The first-order valence-electron chi connectivity index (χ1n) is 6.73. The minimum Gasteiger partial charge on any atom is -0.465 e. The summed E-state index contributed by atoms with van der Waals surface area (Å²) < 4.78 is 4.62. The second-order valence-electron chi connectivity index (χ2n) is 4.74. The van der Waals surface area contributed by atoms with E-state index in [0.29, 0.717) is 18.7 Å². The average molecular weight is 278 g/mol. The topological polar surface area (TPSA) is 81.4 Å². The van der Waals surface area contributed by atoms with E-state index in [0.717, 1.165) is 18.4 Å². The fourth-order valence-corrected chi connectivity index (χ4v) is 1.80. The first-order chi connectivity index (χ1) is 9.58. The van der Waals surface area contributed by atoms with E-state index in [2.05, 4.69) is 10.1 Å². The molecule has 0 heterocycles. The van der Waals surface area contributed by atoms with Gasteiger partial charge >= 0.3 is 5.97 Å². The van der Waals surface area contributed by atoms with E-state index in [-0.39, 0.29) is 17.8 Å². The average Bonchev–Trinajstić information content (AvgIpc) is 2.49. The van der Waals surface area contributed by atoms with Crippen LogP contribution in [0.5, 0.6) is 0 Å². The lowest BCUT2D eigenvalue weighted by molar-refractivity contribution is -0.124. The van der Waals surface area contributed by atoms with Crippen LogP contribution in [0.2, 0.25) is 0 Å². The molecule has 5 heteroatoms. The summed E-state index contributed by atoms with van der Waals surface area (Å²) in [5.41, 5.74) is 6.86. The molecule has 1 aromatic carbocycles. The fourth-order valence-electron chi connectivity index (χ4n) is 1.80. The number of carbonyl (C=O) groups excluding carboxylic acids is 2. The van der Waals surface area contributed by atoms with Crippen molar-refractivity contribution >= 4 is 11.9 Å². The van der Waals surface area contributed by atoms with Gasteiger partial charge < -0.3 is 15.8 Å². The maximum absolute atomic E-state index is 11.8. The van der Waals surface area contributed by atoms with E-state index >= 15 is 0 Å². The van der Waals surface area contributed by atoms with Gasteiger partial charge in [0.15, 0.2) is 0 Å². The summed E-state index contributed by atoms with van der Waals surface area (Å²) in [5.74, 6) is -0.376. The number of carbonyl (C=O) groups is 2. The third-order valence-electron chi connectivity index (χ3n) is 3.13. The van der Waals surface area contributed by atoms with Gasteiger partial charge in [0.05, 0.1) is 12.7 Å². The Kier molecular flexibility index (Phi) is 6.73. The maximum atomic E-state index is 11.8. The van der Waals surface area contributed by atoms with Crippen molar-refractivity contribution in [1.82, 2.24) is 5.32 Å². The summed E-state index contributed by atoms with van der Waals surface area (Å²) in [6.45, 7) is 2.95. The molecule has 0 aliphatic heterocycles. The molecule has 20 heavy (non-hydrogen) atoms. The molecular formula is C15H22N2O3. The molecule has 0 saturated heterocycles. The lowest BCUT2D eigenvalue weighted by Gasteiger charge is -2.11. The molecular weight excluding hydrogens is 256 g/mol. The number of amides is 1. The van der Waals surface area contributed by atoms with E-state index in [9.17, 15) is 9.59 Å². The van der Waals surface area contributed by atoms with E-state index < -0.39 is 0 Å². The maximum Gasteiger partial charge on any atom is 0.337 e. The second kappa shape index (κ2) is 8.32. The van der Waals surface area contributed by atoms with Crippen molar-refractivity contribution in [3.63, 3.8) is 0 Å². The van der Waals surface area contributed by atoms with Crippen LogP contribution in [-0.4, -0.2) is 25.5 Å². The van der Waals surface area contributed by atoms with Crippen molar-refractivity contribution in [3.05, 3.63) is 35.4 Å². The van der Waals surface area contributed by atoms with Crippen LogP contribution in [0.3, 0.4) is 0 Å². The molecule has 1 aromatic rings. The highest BCUT2D eigenvalue weighted by atomic mass is 16.5. The van der Waals surface area contributed by atoms with Gasteiger partial charge in [-0.05, 0) is 37.1 Å². The predicted molar refractivity (Wildman–Crippen MR) is 77.1 cm³/mol. The monoisotopic (exact) mass is 278 g/mol. The Morgan fingerprint density at radius 3 is 2.50 bits per heavy atom. The number of rotatable bonds is 7. The Morgan fingerprint density at radius 2 is 1.95 bits per heavy atom. The molecule has 0 fully saturated rings. The van der Waals surface area contributed by atoms with Crippen LogP contribution in [-0.2, 0) is 16.1 Å². The second-order valence-corrected chi connectivity index (χ2v) is 4.74. The number of nitrogens with one attached hydrogen (secondary N) is 1. The van der Waals surface area contributed by atoms with E-state index in [1.54, 1.807) is 24.3 Å². The van der Waals surface area contributed by atoms with Crippen LogP contribution < -0.4 is 11.1 Å². The Hall–Kier alpha value is -1.88. The Labute approximate surface area is 119 Å². The van der Waals surface area contributed by atoms with Gasteiger partial charge in [-0.2, -0.15) is 0 Å². The molecule has 0 spiro atoms. The fraction of sp³-hybridized carbons (Fsp3) is 0.467. The summed E-state index contributed by atoms with van der Waals surface area (Å²) in [6.07, 6.45) is 1.64. The van der Waals surface area contributed by atoms with E-state index in [4.69, 9.17) is 5.73 Å². The van der Waals surface area contributed by atoms with Crippen molar-refractivity contribution in [3.8, 4) is 0 Å². The van der Waals surface area contributed by atoms with Crippen LogP contribution in [0.25, 0.3) is 0 Å². The molecule has 3 N–H and O–H groups in total. The standard InChI is InChI=1S/C15H22N2O3/c1-11(4-3-9-16)14(18)17-10-12-5-7-13(8-6-12)15(19)20-2/h5-8,11H,3-4,9-10,16H2,1-2H3,(H,17,18). The summed E-state index contributed by atoms with van der Waals surface area (Å²) in [4.78, 5) is 23.1. The molecule has 110 valence electrons. The van der Waals surface area contributed by atoms with Crippen LogP contribution >= 0.6 is 0 Å². The predicted octanol–water partition coefficient (Wildman–Crippen LogP) is 1.46. The van der Waals surface area contributed by atoms with E-state index in [1.807, 2.05) is 6.92 Å². The van der Waals surface area contributed by atoms with Crippen LogP contribution in [0.15, 0.2) is 24.3 Å². The number of hydrogen-bond acceptors (Lipinski definition) is 4. The molecule has 1 atom stereocenters. The van der Waals surface area contributed by atoms with Crippen LogP contribution in [0.4, 0.5) is 0 Å². The van der Waals surface area contributed by atoms with E-state index in [1.165, 1.54) is 7.11 Å². The minimum absolute atomic E-state index is 0.0236. The number of hydrogen-bond donors (Lipinski definition) is 2. The smallest absolute Gasteiger partial charge is 0.337 e. The van der Waals surface area contributed by atoms with Gasteiger partial charge in [-0.3, -0.25) is 4.79 Å². The lowest BCUT2D eigenvalue weighted by Crippen LogP contribution is -2.29. The molecule has 0 bridgehead atoms. The van der Waals surface area contributed by atoms with Crippen LogP contribution in [0, 0.1) is 5.92 Å². The Morgan fingerprint density at radius 1 is 1.30 bits per heavy atom. The summed E-state index contributed by atoms with van der Waals surface area (Å²) in [5, 5.41) is 2.87. The Balaban J connectivity index is 2.45. The van der Waals surface area contributed by atoms with Gasteiger partial charge in [0.1, 0.15) is 0 Å². The van der Waals surface area contributed by atoms with Gasteiger partial charge in [0, 0.05) is 12.5 Å². The number of ether oxygens (including phenoxy) is 1. The van der Waals surface area contributed by atoms with Gasteiger partial charge in [-0.1, -0.05) is 19.1 Å². The van der Waals surface area contributed by atoms with Crippen molar-refractivity contribution in [2.45, 2.75) is 26.3 Å². The van der Waals surface area contributed by atoms with Crippen molar-refractivity contribution < 1.29 is 14.3 Å². The molecule has 1 amide bonds. The molecule has 0 saturated carbocycles. The normalized spacial score (nSPS) is 11.8. The summed E-state index contributed by atoms with van der Waals surface area (Å²) in [6, 6.07) is 6.98. The first-order valence-corrected chi connectivity index (χ1v) is 6.73. The summed E-state index contributed by atoms with van der Waals surface area (Å²) >= 11 is 0. The SMILES string of the molecule is COC(=O)c1ccc(CNC(=O)C(C)CCCN)cc1. The highest BCUT2D eigenvalue weighted by Crippen LogP contribution is 2.08. The van der Waals surface area contributed by atoms with Gasteiger partial charge in [-0.25, -0.2) is 4.79 Å². The minimum atomic E-state index is -0.365. The number of methoxy groups -OCH3 is 1. The van der Waals surface area contributed by atoms with Gasteiger partial charge in [0.2, 0.25) is 5.91 Å². The lowest BCUT2D eigenvalue weighted by atomic mass is 10.0. The van der Waals surface area contributed by atoms with Crippen molar-refractivity contribution in [2.75, 3.05) is 13.7 Å². The van der Waals surface area contributed by atoms with Crippen molar-refractivity contribution in [2.24, 2.45) is 11.7 Å². The molecule has 1 rings (SSSR count). The molecule has 0 aliphatic carbocycles. The zero-order valence-corrected chi connectivity index (χ0v) is 12.0. The first kappa shape index (κ1) is 16.2. The highest BCUT2D eigenvalue weighted by molar-refractivity contribution is 5.89. The highest BCUT2D eigenvalue weighted by Gasteiger charge is 2.11. The number of nitrogens with two attached hydrogens (primary N) is 1. The molecule has 0 radical (unpaired) electrons. The zero-order chi connectivity index (χ0) is 15.0. The summed E-state index contributed by atoms with van der Waals surface area (Å²) in [7, 11) is 1.35. The zero-order valence-electron chi connectivity index (χ0n) is 12.0. The number of esters is 1. The molecule has 1 unspecified atom stereocenters. The van der Waals surface area contributed by atoms with Gasteiger partial charge in [0.25, 0.3) is 0 Å². The van der Waals surface area contributed by atoms with Gasteiger partial charge in [-0.15, -0.1) is 0 Å². The third kappa shape index (κ3) is 5.01. The quantitative estimate of drug-likeness (QED) is 0.740. The largest absolute Gasteiger partial charge is 0.465 e. The Bertz CT molecular complexity index is 443.